The lowest BCUT2D eigenvalue weighted by Gasteiger charge is -2.14. The van der Waals surface area contributed by atoms with Crippen molar-refractivity contribution in [3.8, 4) is 0 Å². The minimum Gasteiger partial charge on any atom is -0.345 e. The van der Waals surface area contributed by atoms with Crippen molar-refractivity contribution >= 4 is 29.1 Å². The predicted octanol–water partition coefficient (Wildman–Crippen LogP) is 3.54. The van der Waals surface area contributed by atoms with E-state index in [1.54, 1.807) is 49.2 Å². The third kappa shape index (κ3) is 4.35. The molecule has 1 aromatic heterocycles. The van der Waals surface area contributed by atoms with Gasteiger partial charge in [0.25, 0.3) is 11.8 Å². The van der Waals surface area contributed by atoms with Crippen molar-refractivity contribution in [3.05, 3.63) is 82.6 Å². The van der Waals surface area contributed by atoms with Crippen LogP contribution in [0.2, 0.25) is 5.02 Å². The molecule has 1 heterocycles. The molecule has 0 saturated carbocycles. The highest BCUT2D eigenvalue weighted by Crippen LogP contribution is 2.19. The van der Waals surface area contributed by atoms with Gasteiger partial charge in [0, 0.05) is 25.3 Å². The summed E-state index contributed by atoms with van der Waals surface area (Å²) in [5, 5.41) is 7.66. The van der Waals surface area contributed by atoms with Crippen LogP contribution in [0.4, 0.5) is 5.69 Å². The summed E-state index contributed by atoms with van der Waals surface area (Å²) in [6.45, 7) is 0.461. The average molecular weight is 383 g/mol. The lowest BCUT2D eigenvalue weighted by atomic mass is 10.1. The van der Waals surface area contributed by atoms with Crippen LogP contribution in [0.1, 0.15) is 26.3 Å². The van der Waals surface area contributed by atoms with Gasteiger partial charge in [0.2, 0.25) is 0 Å². The van der Waals surface area contributed by atoms with Gasteiger partial charge in [-0.2, -0.15) is 5.10 Å². The average Bonchev–Trinajstić information content (AvgIpc) is 3.12. The van der Waals surface area contributed by atoms with Gasteiger partial charge in [-0.15, -0.1) is 0 Å². The second-order valence-electron chi connectivity index (χ2n) is 6.22. The zero-order valence-corrected chi connectivity index (χ0v) is 15.8. The monoisotopic (exact) mass is 382 g/mol. The summed E-state index contributed by atoms with van der Waals surface area (Å²) in [5.74, 6) is -0.514. The van der Waals surface area contributed by atoms with Crippen molar-refractivity contribution in [2.75, 3.05) is 19.4 Å². The first-order valence-electron chi connectivity index (χ1n) is 8.33. The first-order chi connectivity index (χ1) is 13.0. The van der Waals surface area contributed by atoms with Crippen LogP contribution in [-0.4, -0.2) is 40.6 Å². The number of para-hydroxylation sites is 1. The Morgan fingerprint density at radius 1 is 1.11 bits per heavy atom. The van der Waals surface area contributed by atoms with E-state index in [0.717, 1.165) is 5.56 Å². The summed E-state index contributed by atoms with van der Waals surface area (Å²) in [5.41, 5.74) is 2.20. The molecular formula is C20H19ClN4O2. The second kappa shape index (κ2) is 8.05. The van der Waals surface area contributed by atoms with E-state index >= 15 is 0 Å². The third-order valence-electron chi connectivity index (χ3n) is 4.00. The van der Waals surface area contributed by atoms with Crippen molar-refractivity contribution in [2.45, 2.75) is 6.54 Å². The van der Waals surface area contributed by atoms with Gasteiger partial charge < -0.3 is 10.2 Å². The van der Waals surface area contributed by atoms with Crippen LogP contribution < -0.4 is 5.32 Å². The summed E-state index contributed by atoms with van der Waals surface area (Å²) in [7, 11) is 3.33. The molecule has 0 saturated heterocycles. The Morgan fingerprint density at radius 3 is 2.56 bits per heavy atom. The van der Waals surface area contributed by atoms with Crippen molar-refractivity contribution in [1.29, 1.82) is 0 Å². The molecule has 0 aliphatic carbocycles. The summed E-state index contributed by atoms with van der Waals surface area (Å²) >= 11 is 6.17. The number of carbonyl (C=O) groups is 2. The van der Waals surface area contributed by atoms with E-state index in [1.807, 2.05) is 24.3 Å². The van der Waals surface area contributed by atoms with E-state index in [1.165, 1.54) is 11.1 Å². The van der Waals surface area contributed by atoms with Crippen molar-refractivity contribution in [3.63, 3.8) is 0 Å². The predicted molar refractivity (Wildman–Crippen MR) is 105 cm³/mol. The summed E-state index contributed by atoms with van der Waals surface area (Å²) < 4.78 is 1.65. The Kier molecular flexibility index (Phi) is 5.57. The van der Waals surface area contributed by atoms with Gasteiger partial charge in [0.05, 0.1) is 29.6 Å². The van der Waals surface area contributed by atoms with Gasteiger partial charge in [-0.3, -0.25) is 14.3 Å². The second-order valence-corrected chi connectivity index (χ2v) is 6.62. The largest absolute Gasteiger partial charge is 0.345 e. The Labute approximate surface area is 162 Å². The molecule has 0 fully saturated rings. The van der Waals surface area contributed by atoms with Crippen LogP contribution in [0.15, 0.2) is 60.9 Å². The number of hydrogen-bond acceptors (Lipinski definition) is 3. The van der Waals surface area contributed by atoms with Crippen molar-refractivity contribution < 1.29 is 9.59 Å². The topological polar surface area (TPSA) is 67.2 Å². The molecule has 3 rings (SSSR count). The van der Waals surface area contributed by atoms with Crippen LogP contribution in [-0.2, 0) is 6.54 Å². The van der Waals surface area contributed by atoms with Crippen LogP contribution in [0.25, 0.3) is 0 Å². The fourth-order valence-corrected chi connectivity index (χ4v) is 2.78. The van der Waals surface area contributed by atoms with E-state index in [2.05, 4.69) is 10.4 Å². The molecule has 2 aromatic carbocycles. The van der Waals surface area contributed by atoms with Crippen LogP contribution in [0, 0.1) is 0 Å². The molecule has 0 aliphatic heterocycles. The maximum Gasteiger partial charge on any atom is 0.258 e. The quantitative estimate of drug-likeness (QED) is 0.733. The van der Waals surface area contributed by atoms with Gasteiger partial charge in [-0.05, 0) is 23.8 Å². The molecule has 6 nitrogen and oxygen atoms in total. The van der Waals surface area contributed by atoms with Crippen LogP contribution >= 0.6 is 11.6 Å². The maximum atomic E-state index is 12.6. The number of amides is 2. The van der Waals surface area contributed by atoms with Gasteiger partial charge in [0.1, 0.15) is 0 Å². The van der Waals surface area contributed by atoms with E-state index in [4.69, 9.17) is 11.6 Å². The van der Waals surface area contributed by atoms with Gasteiger partial charge in [-0.25, -0.2) is 0 Å². The van der Waals surface area contributed by atoms with Gasteiger partial charge >= 0.3 is 0 Å². The fourth-order valence-electron chi connectivity index (χ4n) is 2.58. The molecule has 0 radical (unpaired) electrons. The normalized spacial score (nSPS) is 10.5. The number of carbonyl (C=O) groups excluding carboxylic acids is 2. The minimum absolute atomic E-state index is 0.180. The number of aromatic nitrogens is 2. The Hall–Kier alpha value is -3.12. The van der Waals surface area contributed by atoms with Gasteiger partial charge in [0.15, 0.2) is 0 Å². The third-order valence-corrected chi connectivity index (χ3v) is 4.37. The molecule has 0 bridgehead atoms. The first-order valence-corrected chi connectivity index (χ1v) is 8.71. The number of hydrogen-bond donors (Lipinski definition) is 1. The molecule has 0 unspecified atom stereocenters. The van der Waals surface area contributed by atoms with Crippen molar-refractivity contribution in [1.82, 2.24) is 14.7 Å². The fraction of sp³-hybridized carbons (Fsp3) is 0.150. The zero-order valence-electron chi connectivity index (χ0n) is 15.0. The number of rotatable bonds is 5. The lowest BCUT2D eigenvalue weighted by Crippen LogP contribution is -2.24. The highest BCUT2D eigenvalue weighted by molar-refractivity contribution is 6.31. The lowest BCUT2D eigenvalue weighted by molar-refractivity contribution is 0.0828. The summed E-state index contributed by atoms with van der Waals surface area (Å²) in [6, 6.07) is 14.4. The molecule has 138 valence electrons. The van der Waals surface area contributed by atoms with E-state index in [0.29, 0.717) is 28.4 Å². The Morgan fingerprint density at radius 2 is 1.81 bits per heavy atom. The highest BCUT2D eigenvalue weighted by atomic mass is 35.5. The first kappa shape index (κ1) is 18.7. The SMILES string of the molecule is CN(C)C(=O)c1ccccc1NC(=O)c1cnn(Cc2ccccc2Cl)c1. The minimum atomic E-state index is -0.334. The number of halogens is 1. The maximum absolute atomic E-state index is 12.6. The number of anilines is 1. The van der Waals surface area contributed by atoms with Crippen LogP contribution in [0.5, 0.6) is 0 Å². The zero-order chi connectivity index (χ0) is 19.4. The molecule has 3 aromatic rings. The number of nitrogens with one attached hydrogen (secondary N) is 1. The molecule has 27 heavy (non-hydrogen) atoms. The molecule has 2 amide bonds. The smallest absolute Gasteiger partial charge is 0.258 e. The summed E-state index contributed by atoms with van der Waals surface area (Å²) in [4.78, 5) is 26.3. The van der Waals surface area contributed by atoms with Crippen molar-refractivity contribution in [2.24, 2.45) is 0 Å². The molecule has 0 aliphatic rings. The van der Waals surface area contributed by atoms with E-state index < -0.39 is 0 Å². The van der Waals surface area contributed by atoms with Gasteiger partial charge in [-0.1, -0.05) is 41.9 Å². The molecular weight excluding hydrogens is 364 g/mol. The molecule has 0 atom stereocenters. The molecule has 7 heteroatoms. The Balaban J connectivity index is 1.76. The molecule has 1 N–H and O–H groups in total. The molecule has 0 spiro atoms. The number of benzene rings is 2. The Bertz CT molecular complexity index is 981. The highest BCUT2D eigenvalue weighted by Gasteiger charge is 2.16. The van der Waals surface area contributed by atoms with E-state index in [-0.39, 0.29) is 11.8 Å². The van der Waals surface area contributed by atoms with Crippen LogP contribution in [0.3, 0.4) is 0 Å². The summed E-state index contributed by atoms with van der Waals surface area (Å²) in [6.07, 6.45) is 3.14. The number of nitrogens with zero attached hydrogens (tertiary/aromatic N) is 3. The standard InChI is InChI=1S/C20H19ClN4O2/c1-24(2)20(27)16-8-4-6-10-18(16)23-19(26)15-11-22-25(13-15)12-14-7-3-5-9-17(14)21/h3-11,13H,12H2,1-2H3,(H,23,26). The van der Waals surface area contributed by atoms with E-state index in [9.17, 15) is 9.59 Å².